The number of aryl methyl sites for hydroxylation is 1. The number of imidazole rings is 1. The highest BCUT2D eigenvalue weighted by Gasteiger charge is 2.45. The molecular weight excluding hydrogens is 214 g/mol. The summed E-state index contributed by atoms with van der Waals surface area (Å²) in [6.07, 6.45) is 8.30. The lowest BCUT2D eigenvalue weighted by Gasteiger charge is -2.24. The maximum Gasteiger partial charge on any atom is 0.142 e. The Morgan fingerprint density at radius 2 is 2.35 bits per heavy atom. The smallest absolute Gasteiger partial charge is 0.142 e. The third kappa shape index (κ3) is 2.00. The van der Waals surface area contributed by atoms with Gasteiger partial charge in [0.2, 0.25) is 0 Å². The van der Waals surface area contributed by atoms with Gasteiger partial charge in [-0.15, -0.1) is 0 Å². The molecule has 1 aliphatic carbocycles. The molecule has 4 nitrogen and oxygen atoms in total. The molecule has 2 heterocycles. The van der Waals surface area contributed by atoms with Crippen LogP contribution in [0.25, 0.3) is 0 Å². The minimum atomic E-state index is -0.721. The quantitative estimate of drug-likeness (QED) is 0.856. The van der Waals surface area contributed by atoms with E-state index in [0.29, 0.717) is 0 Å². The van der Waals surface area contributed by atoms with Crippen molar-refractivity contribution in [3.63, 3.8) is 0 Å². The summed E-state index contributed by atoms with van der Waals surface area (Å²) in [5.41, 5.74) is -0.721. The minimum absolute atomic E-state index is 0.721. The lowest BCUT2D eigenvalue weighted by molar-refractivity contribution is 0.0326. The molecule has 2 aliphatic rings. The molecule has 94 valence electrons. The second-order valence-corrected chi connectivity index (χ2v) is 5.43. The van der Waals surface area contributed by atoms with Crippen molar-refractivity contribution in [2.45, 2.75) is 50.8 Å². The zero-order chi connectivity index (χ0) is 11.9. The molecule has 1 aliphatic heterocycles. The molecule has 0 amide bonds. The Hall–Kier alpha value is -0.870. The predicted octanol–water partition coefficient (Wildman–Crippen LogP) is 1.35. The van der Waals surface area contributed by atoms with Crippen LogP contribution in [-0.2, 0) is 12.1 Å². The number of rotatable bonds is 4. The molecule has 0 spiro atoms. The van der Waals surface area contributed by atoms with Crippen molar-refractivity contribution >= 4 is 0 Å². The molecular formula is C13H21N3O. The van der Waals surface area contributed by atoms with E-state index in [2.05, 4.69) is 21.4 Å². The highest BCUT2D eigenvalue weighted by Crippen LogP contribution is 2.37. The van der Waals surface area contributed by atoms with Crippen LogP contribution in [0.3, 0.4) is 0 Å². The Bertz CT molecular complexity index is 399. The SMILES string of the molecule is CCCn1ccnc1C1(O)CCN(C2CC2)C1. The normalized spacial score (nSPS) is 30.0. The fourth-order valence-electron chi connectivity index (χ4n) is 2.89. The first-order valence-electron chi connectivity index (χ1n) is 6.71. The molecule has 1 atom stereocenters. The molecule has 17 heavy (non-hydrogen) atoms. The van der Waals surface area contributed by atoms with Crippen molar-refractivity contribution in [2.24, 2.45) is 0 Å². The van der Waals surface area contributed by atoms with Crippen LogP contribution in [0.2, 0.25) is 0 Å². The van der Waals surface area contributed by atoms with Crippen LogP contribution in [0, 0.1) is 0 Å². The van der Waals surface area contributed by atoms with Crippen molar-refractivity contribution in [2.75, 3.05) is 13.1 Å². The van der Waals surface area contributed by atoms with Crippen molar-refractivity contribution in [1.29, 1.82) is 0 Å². The largest absolute Gasteiger partial charge is 0.381 e. The van der Waals surface area contributed by atoms with E-state index in [1.165, 1.54) is 12.8 Å². The first-order chi connectivity index (χ1) is 8.23. The lowest BCUT2D eigenvalue weighted by atomic mass is 10.0. The van der Waals surface area contributed by atoms with E-state index < -0.39 is 5.60 Å². The van der Waals surface area contributed by atoms with Crippen LogP contribution in [0.5, 0.6) is 0 Å². The summed E-state index contributed by atoms with van der Waals surface area (Å²) in [5, 5.41) is 10.8. The van der Waals surface area contributed by atoms with Gasteiger partial charge >= 0.3 is 0 Å². The van der Waals surface area contributed by atoms with E-state index >= 15 is 0 Å². The van der Waals surface area contributed by atoms with Crippen LogP contribution >= 0.6 is 0 Å². The van der Waals surface area contributed by atoms with Crippen LogP contribution in [0.4, 0.5) is 0 Å². The van der Waals surface area contributed by atoms with Crippen LogP contribution in [0.1, 0.15) is 38.4 Å². The van der Waals surface area contributed by atoms with Gasteiger partial charge < -0.3 is 9.67 Å². The van der Waals surface area contributed by atoms with E-state index in [9.17, 15) is 5.11 Å². The highest BCUT2D eigenvalue weighted by molar-refractivity contribution is 5.10. The second-order valence-electron chi connectivity index (χ2n) is 5.43. The second kappa shape index (κ2) is 4.10. The molecule has 0 aromatic carbocycles. The van der Waals surface area contributed by atoms with E-state index in [0.717, 1.165) is 44.3 Å². The van der Waals surface area contributed by atoms with Crippen molar-refractivity contribution in [1.82, 2.24) is 14.5 Å². The average molecular weight is 235 g/mol. The number of nitrogens with zero attached hydrogens (tertiary/aromatic N) is 3. The van der Waals surface area contributed by atoms with Gasteiger partial charge in [0, 0.05) is 38.1 Å². The first kappa shape index (κ1) is 11.2. The van der Waals surface area contributed by atoms with Crippen LogP contribution in [-0.4, -0.2) is 38.7 Å². The predicted molar refractivity (Wildman–Crippen MR) is 65.6 cm³/mol. The lowest BCUT2D eigenvalue weighted by Crippen LogP contribution is -2.34. The molecule has 1 aromatic rings. The van der Waals surface area contributed by atoms with E-state index in [-0.39, 0.29) is 0 Å². The van der Waals surface area contributed by atoms with Gasteiger partial charge in [-0.1, -0.05) is 6.92 Å². The molecule has 1 N–H and O–H groups in total. The van der Waals surface area contributed by atoms with E-state index in [1.807, 2.05) is 12.4 Å². The van der Waals surface area contributed by atoms with Crippen LogP contribution < -0.4 is 0 Å². The summed E-state index contributed by atoms with van der Waals surface area (Å²) in [7, 11) is 0. The summed E-state index contributed by atoms with van der Waals surface area (Å²) in [6, 6.07) is 0.735. The maximum absolute atomic E-state index is 10.8. The molecule has 0 bridgehead atoms. The molecule has 4 heteroatoms. The molecule has 0 radical (unpaired) electrons. The third-order valence-corrected chi connectivity index (χ3v) is 3.94. The van der Waals surface area contributed by atoms with Gasteiger partial charge in [0.25, 0.3) is 0 Å². The molecule has 2 fully saturated rings. The van der Waals surface area contributed by atoms with Gasteiger partial charge in [-0.2, -0.15) is 0 Å². The average Bonchev–Trinajstić information content (AvgIpc) is 2.92. The van der Waals surface area contributed by atoms with E-state index in [1.54, 1.807) is 0 Å². The monoisotopic (exact) mass is 235 g/mol. The zero-order valence-electron chi connectivity index (χ0n) is 10.5. The molecule has 3 rings (SSSR count). The number of aromatic nitrogens is 2. The number of β-amino-alcohol motifs (C(OH)–C–C–N with tert-alkyl or cyclic N) is 1. The molecule has 1 unspecified atom stereocenters. The Balaban J connectivity index is 1.79. The zero-order valence-corrected chi connectivity index (χ0v) is 10.5. The number of hydrogen-bond acceptors (Lipinski definition) is 3. The molecule has 1 saturated carbocycles. The van der Waals surface area contributed by atoms with Crippen LogP contribution in [0.15, 0.2) is 12.4 Å². The van der Waals surface area contributed by atoms with E-state index in [4.69, 9.17) is 0 Å². The van der Waals surface area contributed by atoms with Crippen molar-refractivity contribution in [3.8, 4) is 0 Å². The van der Waals surface area contributed by atoms with Gasteiger partial charge in [0.05, 0.1) is 0 Å². The summed E-state index contributed by atoms with van der Waals surface area (Å²) < 4.78 is 2.11. The fourth-order valence-corrected chi connectivity index (χ4v) is 2.89. The number of likely N-dealkylation sites (tertiary alicyclic amines) is 1. The fraction of sp³-hybridized carbons (Fsp3) is 0.769. The standard InChI is InChI=1S/C13H21N3O/c1-2-7-15-9-6-14-12(15)13(17)5-8-16(10-13)11-3-4-11/h6,9,11,17H,2-5,7-8,10H2,1H3. The highest BCUT2D eigenvalue weighted by atomic mass is 16.3. The Kier molecular flexibility index (Phi) is 2.71. The Labute approximate surface area is 102 Å². The van der Waals surface area contributed by atoms with Gasteiger partial charge in [0.1, 0.15) is 11.4 Å². The summed E-state index contributed by atoms with van der Waals surface area (Å²) >= 11 is 0. The van der Waals surface area contributed by atoms with Gasteiger partial charge in [-0.25, -0.2) is 4.98 Å². The molecule has 1 saturated heterocycles. The molecule has 1 aromatic heterocycles. The maximum atomic E-state index is 10.8. The van der Waals surface area contributed by atoms with Gasteiger partial charge in [-0.05, 0) is 25.7 Å². The summed E-state index contributed by atoms with van der Waals surface area (Å²) in [6.45, 7) is 4.87. The number of aliphatic hydroxyl groups is 1. The van der Waals surface area contributed by atoms with Crippen molar-refractivity contribution < 1.29 is 5.11 Å². The Morgan fingerprint density at radius 1 is 1.53 bits per heavy atom. The third-order valence-electron chi connectivity index (χ3n) is 3.94. The number of hydrogen-bond donors (Lipinski definition) is 1. The van der Waals surface area contributed by atoms with Gasteiger partial charge in [0.15, 0.2) is 0 Å². The Morgan fingerprint density at radius 3 is 3.06 bits per heavy atom. The summed E-state index contributed by atoms with van der Waals surface area (Å²) in [4.78, 5) is 6.81. The van der Waals surface area contributed by atoms with Crippen molar-refractivity contribution in [3.05, 3.63) is 18.2 Å². The van der Waals surface area contributed by atoms with Gasteiger partial charge in [-0.3, -0.25) is 4.90 Å². The minimum Gasteiger partial charge on any atom is -0.381 e. The first-order valence-corrected chi connectivity index (χ1v) is 6.71. The summed E-state index contributed by atoms with van der Waals surface area (Å²) in [5.74, 6) is 0.863. The topological polar surface area (TPSA) is 41.3 Å².